The summed E-state index contributed by atoms with van der Waals surface area (Å²) in [6.07, 6.45) is 2.53. The van der Waals surface area contributed by atoms with Gasteiger partial charge in [0.2, 0.25) is 5.91 Å². The van der Waals surface area contributed by atoms with Gasteiger partial charge in [-0.3, -0.25) is 14.5 Å². The summed E-state index contributed by atoms with van der Waals surface area (Å²) >= 11 is 0. The minimum atomic E-state index is -0.651. The average Bonchev–Trinajstić information content (AvgIpc) is 2.48. The Morgan fingerprint density at radius 1 is 1.19 bits per heavy atom. The zero-order valence-corrected chi connectivity index (χ0v) is 12.3. The first-order valence-corrected chi connectivity index (χ1v) is 7.41. The van der Waals surface area contributed by atoms with Crippen LogP contribution in [0.4, 0.5) is 10.1 Å². The smallest absolute Gasteiger partial charge is 0.250 e. The number of hydrogen-bond acceptors (Lipinski definition) is 2. The number of aryl methyl sites for hydroxylation is 1. The lowest BCUT2D eigenvalue weighted by molar-refractivity contribution is -0.147. The predicted molar refractivity (Wildman–Crippen MR) is 77.4 cm³/mol. The molecular weight excluding hydrogens is 271 g/mol. The van der Waals surface area contributed by atoms with E-state index in [-0.39, 0.29) is 17.5 Å². The van der Waals surface area contributed by atoms with Crippen molar-refractivity contribution in [2.24, 2.45) is 0 Å². The minimum absolute atomic E-state index is 0.0815. The number of carbonyl (C=O) groups is 2. The lowest BCUT2D eigenvalue weighted by atomic mass is 9.94. The Balaban J connectivity index is 2.05. The maximum atomic E-state index is 14.2. The Morgan fingerprint density at radius 3 is 2.67 bits per heavy atom. The minimum Gasteiger partial charge on any atom is -0.329 e. The van der Waals surface area contributed by atoms with E-state index >= 15 is 0 Å². The lowest BCUT2D eigenvalue weighted by Gasteiger charge is -2.46. The third kappa shape index (κ3) is 2.11. The van der Waals surface area contributed by atoms with Gasteiger partial charge in [-0.25, -0.2) is 4.39 Å². The van der Waals surface area contributed by atoms with Crippen LogP contribution >= 0.6 is 0 Å². The van der Waals surface area contributed by atoms with E-state index < -0.39 is 17.9 Å². The molecule has 0 aromatic heterocycles. The maximum Gasteiger partial charge on any atom is 0.250 e. The third-order valence-corrected chi connectivity index (χ3v) is 4.48. The number of para-hydroxylation sites is 1. The van der Waals surface area contributed by atoms with E-state index in [4.69, 9.17) is 0 Å². The second-order valence-electron chi connectivity index (χ2n) is 5.83. The van der Waals surface area contributed by atoms with Crippen LogP contribution in [0.3, 0.4) is 0 Å². The number of anilines is 1. The van der Waals surface area contributed by atoms with Crippen molar-refractivity contribution in [2.75, 3.05) is 11.4 Å². The summed E-state index contributed by atoms with van der Waals surface area (Å²) in [5.74, 6) is -0.691. The molecule has 5 heteroatoms. The molecule has 0 saturated carbocycles. The molecule has 0 bridgehead atoms. The van der Waals surface area contributed by atoms with Crippen molar-refractivity contribution >= 4 is 17.5 Å². The molecule has 2 heterocycles. The first kappa shape index (κ1) is 14.0. The SMILES string of the molecule is Cc1cccc(F)c1N1C(=O)C2CCCCN2C(=O)C1C. The van der Waals surface area contributed by atoms with E-state index in [1.54, 1.807) is 30.9 Å². The highest BCUT2D eigenvalue weighted by Crippen LogP contribution is 2.33. The van der Waals surface area contributed by atoms with Crippen molar-refractivity contribution in [1.29, 1.82) is 0 Å². The Bertz CT molecular complexity index is 582. The summed E-state index contributed by atoms with van der Waals surface area (Å²) in [6.45, 7) is 4.07. The zero-order valence-electron chi connectivity index (χ0n) is 12.3. The van der Waals surface area contributed by atoms with Gasteiger partial charge in [0, 0.05) is 6.54 Å². The molecule has 0 aliphatic carbocycles. The van der Waals surface area contributed by atoms with Crippen molar-refractivity contribution in [3.05, 3.63) is 29.6 Å². The molecule has 2 atom stereocenters. The van der Waals surface area contributed by atoms with Gasteiger partial charge in [0.05, 0.1) is 5.69 Å². The molecule has 2 aliphatic rings. The topological polar surface area (TPSA) is 40.6 Å². The van der Waals surface area contributed by atoms with Crippen molar-refractivity contribution in [3.8, 4) is 0 Å². The Morgan fingerprint density at radius 2 is 1.95 bits per heavy atom. The molecule has 2 saturated heterocycles. The van der Waals surface area contributed by atoms with Gasteiger partial charge in [-0.15, -0.1) is 0 Å². The first-order chi connectivity index (χ1) is 10.0. The van der Waals surface area contributed by atoms with Crippen LogP contribution in [0.5, 0.6) is 0 Å². The molecule has 1 aromatic rings. The van der Waals surface area contributed by atoms with Gasteiger partial charge in [0.15, 0.2) is 0 Å². The summed E-state index contributed by atoms with van der Waals surface area (Å²) in [4.78, 5) is 28.3. The number of piperazine rings is 1. The second-order valence-corrected chi connectivity index (χ2v) is 5.83. The molecule has 0 radical (unpaired) electrons. The fourth-order valence-corrected chi connectivity index (χ4v) is 3.39. The summed E-state index contributed by atoms with van der Waals surface area (Å²) in [7, 11) is 0. The lowest BCUT2D eigenvalue weighted by Crippen LogP contribution is -2.65. The molecule has 4 nitrogen and oxygen atoms in total. The molecule has 2 fully saturated rings. The summed E-state index contributed by atoms with van der Waals surface area (Å²) in [6, 6.07) is 3.63. The summed E-state index contributed by atoms with van der Waals surface area (Å²) in [5, 5.41) is 0. The van der Waals surface area contributed by atoms with Crippen LogP contribution < -0.4 is 4.90 Å². The first-order valence-electron chi connectivity index (χ1n) is 7.41. The average molecular weight is 290 g/mol. The normalized spacial score (nSPS) is 26.0. The fraction of sp³-hybridized carbons (Fsp3) is 0.500. The highest BCUT2D eigenvalue weighted by molar-refractivity contribution is 6.08. The predicted octanol–water partition coefficient (Wildman–Crippen LogP) is 2.25. The number of rotatable bonds is 1. The van der Waals surface area contributed by atoms with Crippen LogP contribution in [-0.2, 0) is 9.59 Å². The Hall–Kier alpha value is -1.91. The van der Waals surface area contributed by atoms with E-state index in [9.17, 15) is 14.0 Å². The van der Waals surface area contributed by atoms with Crippen molar-refractivity contribution in [3.63, 3.8) is 0 Å². The van der Waals surface area contributed by atoms with Crippen LogP contribution in [0.15, 0.2) is 18.2 Å². The van der Waals surface area contributed by atoms with Crippen molar-refractivity contribution in [2.45, 2.75) is 45.2 Å². The molecule has 3 rings (SSSR count). The number of hydrogen-bond donors (Lipinski definition) is 0. The van der Waals surface area contributed by atoms with Gasteiger partial charge in [-0.1, -0.05) is 12.1 Å². The zero-order chi connectivity index (χ0) is 15.1. The maximum absolute atomic E-state index is 14.2. The largest absolute Gasteiger partial charge is 0.329 e. The molecule has 2 aliphatic heterocycles. The molecule has 0 N–H and O–H groups in total. The van der Waals surface area contributed by atoms with E-state index in [1.807, 2.05) is 0 Å². The number of carbonyl (C=O) groups excluding carboxylic acids is 2. The number of benzene rings is 1. The second kappa shape index (κ2) is 5.13. The standard InChI is InChI=1S/C16H19FN2O2/c1-10-6-5-7-12(17)14(10)19-11(2)15(20)18-9-4-3-8-13(18)16(19)21/h5-7,11,13H,3-4,8-9H2,1-2H3. The van der Waals surface area contributed by atoms with E-state index in [0.29, 0.717) is 18.5 Å². The number of amides is 2. The van der Waals surface area contributed by atoms with Gasteiger partial charge in [-0.05, 0) is 44.7 Å². The van der Waals surface area contributed by atoms with Crippen LogP contribution in [0.2, 0.25) is 0 Å². The molecule has 21 heavy (non-hydrogen) atoms. The van der Waals surface area contributed by atoms with E-state index in [0.717, 1.165) is 12.8 Å². The quantitative estimate of drug-likeness (QED) is 0.796. The molecule has 2 unspecified atom stereocenters. The van der Waals surface area contributed by atoms with Crippen LogP contribution in [0.1, 0.15) is 31.7 Å². The van der Waals surface area contributed by atoms with Gasteiger partial charge in [0.25, 0.3) is 5.91 Å². The Kier molecular flexibility index (Phi) is 3.43. The molecule has 112 valence electrons. The number of nitrogens with zero attached hydrogens (tertiary/aromatic N) is 2. The van der Waals surface area contributed by atoms with Gasteiger partial charge >= 0.3 is 0 Å². The number of piperidine rings is 1. The fourth-order valence-electron chi connectivity index (χ4n) is 3.39. The third-order valence-electron chi connectivity index (χ3n) is 4.48. The van der Waals surface area contributed by atoms with Crippen LogP contribution in [0.25, 0.3) is 0 Å². The summed E-state index contributed by atoms with van der Waals surface area (Å²) < 4.78 is 14.2. The van der Waals surface area contributed by atoms with Crippen molar-refractivity contribution in [1.82, 2.24) is 4.90 Å². The van der Waals surface area contributed by atoms with Crippen LogP contribution in [-0.4, -0.2) is 35.3 Å². The molecular formula is C16H19FN2O2. The number of halogens is 1. The summed E-state index contributed by atoms with van der Waals surface area (Å²) in [5.41, 5.74) is 0.917. The van der Waals surface area contributed by atoms with E-state index in [2.05, 4.69) is 0 Å². The highest BCUT2D eigenvalue weighted by atomic mass is 19.1. The van der Waals surface area contributed by atoms with Crippen LogP contribution in [0, 0.1) is 12.7 Å². The molecule has 2 amide bonds. The number of fused-ring (bicyclic) bond motifs is 1. The van der Waals surface area contributed by atoms with Gasteiger partial charge in [0.1, 0.15) is 17.9 Å². The monoisotopic (exact) mass is 290 g/mol. The van der Waals surface area contributed by atoms with Gasteiger partial charge in [-0.2, -0.15) is 0 Å². The molecule has 1 aromatic carbocycles. The van der Waals surface area contributed by atoms with E-state index in [1.165, 1.54) is 11.0 Å². The highest BCUT2D eigenvalue weighted by Gasteiger charge is 2.46. The Labute approximate surface area is 123 Å². The molecule has 0 spiro atoms. The van der Waals surface area contributed by atoms with Gasteiger partial charge < -0.3 is 4.90 Å². The van der Waals surface area contributed by atoms with Crippen molar-refractivity contribution < 1.29 is 14.0 Å².